The molecule has 0 aromatic carbocycles. The average molecular weight is 509 g/mol. The molecular weight excluding hydrogens is 448 g/mol. The van der Waals surface area contributed by atoms with E-state index in [9.17, 15) is 9.90 Å². The van der Waals surface area contributed by atoms with Gasteiger partial charge in [-0.3, -0.25) is 9.78 Å². The minimum absolute atomic E-state index is 0.0498. The van der Waals surface area contributed by atoms with Gasteiger partial charge in [-0.25, -0.2) is 4.98 Å². The molecule has 1 aromatic rings. The van der Waals surface area contributed by atoms with Gasteiger partial charge >= 0.3 is 0 Å². The highest BCUT2D eigenvalue weighted by molar-refractivity contribution is 5.94. The highest BCUT2D eigenvalue weighted by Gasteiger charge is 2.15. The van der Waals surface area contributed by atoms with E-state index in [1.54, 1.807) is 20.0 Å². The van der Waals surface area contributed by atoms with Gasteiger partial charge in [-0.05, 0) is 63.9 Å². The van der Waals surface area contributed by atoms with Crippen LogP contribution in [0.1, 0.15) is 143 Å². The zero-order valence-corrected chi connectivity index (χ0v) is 26.0. The Bertz CT molecular complexity index is 700. The Morgan fingerprint density at radius 1 is 1.06 bits per heavy atom. The molecule has 0 saturated heterocycles. The molecule has 0 saturated carbocycles. The number of aliphatic hydroxyl groups excluding tert-OH is 2. The summed E-state index contributed by atoms with van der Waals surface area (Å²) in [5.41, 5.74) is 3.40. The third kappa shape index (κ3) is 20.6. The van der Waals surface area contributed by atoms with Crippen molar-refractivity contribution < 1.29 is 15.0 Å². The van der Waals surface area contributed by atoms with Crippen LogP contribution in [0.4, 0.5) is 0 Å². The zero-order valence-electron chi connectivity index (χ0n) is 26.0. The van der Waals surface area contributed by atoms with Crippen LogP contribution in [0.15, 0.2) is 11.8 Å². The summed E-state index contributed by atoms with van der Waals surface area (Å²) in [4.78, 5) is 21.3. The second-order valence-electron chi connectivity index (χ2n) is 10.8. The van der Waals surface area contributed by atoms with E-state index in [1.165, 1.54) is 18.4 Å². The Hall–Kier alpha value is -1.59. The molecule has 2 N–H and O–H groups in total. The van der Waals surface area contributed by atoms with Crippen molar-refractivity contribution in [3.8, 4) is 0 Å². The smallest absolute Gasteiger partial charge is 0.182 e. The number of hydrogen-bond acceptors (Lipinski definition) is 5. The van der Waals surface area contributed by atoms with Crippen molar-refractivity contribution in [1.29, 1.82) is 0 Å². The van der Waals surface area contributed by atoms with E-state index in [-0.39, 0.29) is 23.9 Å². The van der Waals surface area contributed by atoms with Crippen molar-refractivity contribution in [1.82, 2.24) is 9.97 Å². The lowest BCUT2D eigenvalue weighted by Crippen LogP contribution is -2.13. The minimum atomic E-state index is -0.167. The van der Waals surface area contributed by atoms with Gasteiger partial charge < -0.3 is 10.2 Å². The second-order valence-corrected chi connectivity index (χ2v) is 10.8. The third-order valence-electron chi connectivity index (χ3n) is 5.71. The maximum Gasteiger partial charge on any atom is 0.182 e. The van der Waals surface area contributed by atoms with Crippen molar-refractivity contribution >= 4 is 11.9 Å². The van der Waals surface area contributed by atoms with E-state index >= 15 is 0 Å². The summed E-state index contributed by atoms with van der Waals surface area (Å²) in [6.07, 6.45) is 9.35. The van der Waals surface area contributed by atoms with Crippen LogP contribution in [-0.2, 0) is 0 Å². The van der Waals surface area contributed by atoms with E-state index < -0.39 is 0 Å². The number of carbonyl (C=O) groups is 1. The van der Waals surface area contributed by atoms with Crippen LogP contribution in [-0.4, -0.2) is 38.7 Å². The first-order valence-electron chi connectivity index (χ1n) is 14.1. The zero-order chi connectivity index (χ0) is 28.9. The summed E-state index contributed by atoms with van der Waals surface area (Å²) >= 11 is 0. The number of aromatic nitrogens is 2. The van der Waals surface area contributed by atoms with E-state index in [0.717, 1.165) is 30.7 Å². The molecule has 0 amide bonds. The lowest BCUT2D eigenvalue weighted by molar-refractivity contribution is 0.0972. The summed E-state index contributed by atoms with van der Waals surface area (Å²) in [5.74, 6) is 0.847. The van der Waals surface area contributed by atoms with E-state index in [4.69, 9.17) is 5.11 Å². The molecule has 212 valence electrons. The van der Waals surface area contributed by atoms with Gasteiger partial charge in [0.1, 0.15) is 5.69 Å². The normalized spacial score (nSPS) is 12.1. The van der Waals surface area contributed by atoms with Crippen molar-refractivity contribution in [3.05, 3.63) is 28.9 Å². The molecule has 1 unspecified atom stereocenters. The molecule has 1 heterocycles. The molecule has 1 atom stereocenters. The fraction of sp³-hybridized carbons (Fsp3) is 0.774. The number of allylic oxidation sites excluding steroid dienone is 1. The number of rotatable bonds is 10. The summed E-state index contributed by atoms with van der Waals surface area (Å²) in [6.45, 7) is 26.8. The number of carbonyl (C=O) groups excluding carboxylic acids is 1. The highest BCUT2D eigenvalue weighted by Crippen LogP contribution is 2.26. The summed E-state index contributed by atoms with van der Waals surface area (Å²) in [5, 5.41) is 17.4. The molecule has 1 aromatic heterocycles. The predicted molar refractivity (Wildman–Crippen MR) is 157 cm³/mol. The van der Waals surface area contributed by atoms with Crippen LogP contribution in [0.25, 0.3) is 6.08 Å². The SMILES string of the molecule is C/C(=C\c1ncc(C(=O)CCCCC(CO)C(C)C)nc1C)C(C)(C)C.CC.CC(C)O.CCCC. The first-order valence-corrected chi connectivity index (χ1v) is 14.1. The minimum Gasteiger partial charge on any atom is -0.396 e. The van der Waals surface area contributed by atoms with Gasteiger partial charge in [0.2, 0.25) is 0 Å². The topological polar surface area (TPSA) is 83.3 Å². The second kappa shape index (κ2) is 22.6. The molecular formula is C31H60N2O3. The van der Waals surface area contributed by atoms with E-state index in [0.29, 0.717) is 24.0 Å². The first-order chi connectivity index (χ1) is 16.7. The number of aryl methyl sites for hydroxylation is 1. The van der Waals surface area contributed by atoms with Crippen LogP contribution in [0.2, 0.25) is 0 Å². The van der Waals surface area contributed by atoms with Gasteiger partial charge in [0.05, 0.1) is 17.6 Å². The molecule has 0 fully saturated rings. The fourth-order valence-electron chi connectivity index (χ4n) is 2.64. The lowest BCUT2D eigenvalue weighted by Gasteiger charge is -2.19. The van der Waals surface area contributed by atoms with Crippen LogP contribution in [0.5, 0.6) is 0 Å². The number of aliphatic hydroxyl groups is 2. The standard InChI is InChI=1S/C22H36N2O2.C4H10.C3H8O.C2H6/c1-15(2)18(14-25)10-8-9-11-21(26)20-13-23-19(17(4)24-20)12-16(3)22(5,6)7;1-3-4-2;1-3(2)4;1-2/h12-13,15,18,25H,8-11,14H2,1-7H3;3-4H2,1-2H3;3-4H,1-2H3;1-2H3/b16-12+;;;. The van der Waals surface area contributed by atoms with Crippen LogP contribution >= 0.6 is 0 Å². The monoisotopic (exact) mass is 508 g/mol. The molecule has 36 heavy (non-hydrogen) atoms. The van der Waals surface area contributed by atoms with Gasteiger partial charge in [0.25, 0.3) is 0 Å². The number of Topliss-reactive ketones (excluding diaryl/α,β-unsaturated/α-hetero) is 1. The van der Waals surface area contributed by atoms with E-state index in [1.807, 2.05) is 20.8 Å². The maximum atomic E-state index is 12.4. The predicted octanol–water partition coefficient (Wildman–Crippen LogP) is 8.46. The van der Waals surface area contributed by atoms with Crippen LogP contribution in [0, 0.1) is 24.2 Å². The first kappa shape index (κ1) is 38.9. The van der Waals surface area contributed by atoms with Gasteiger partial charge in [-0.15, -0.1) is 0 Å². The molecule has 5 heteroatoms. The van der Waals surface area contributed by atoms with Crippen LogP contribution < -0.4 is 0 Å². The Morgan fingerprint density at radius 3 is 1.92 bits per heavy atom. The fourth-order valence-corrected chi connectivity index (χ4v) is 2.64. The van der Waals surface area contributed by atoms with Crippen molar-refractivity contribution in [2.45, 2.75) is 135 Å². The highest BCUT2D eigenvalue weighted by atomic mass is 16.3. The maximum absolute atomic E-state index is 12.4. The molecule has 0 bridgehead atoms. The molecule has 0 aliphatic carbocycles. The number of unbranched alkanes of at least 4 members (excludes halogenated alkanes) is 2. The molecule has 0 radical (unpaired) electrons. The van der Waals surface area contributed by atoms with Crippen LogP contribution in [0.3, 0.4) is 0 Å². The Balaban J connectivity index is -0.000000930. The number of nitrogens with zero attached hydrogens (tertiary/aromatic N) is 2. The summed E-state index contributed by atoms with van der Waals surface area (Å²) < 4.78 is 0. The number of hydrogen-bond donors (Lipinski definition) is 2. The Labute approximate surface area is 224 Å². The van der Waals surface area contributed by atoms with Gasteiger partial charge in [-0.1, -0.05) is 87.1 Å². The van der Waals surface area contributed by atoms with Crippen molar-refractivity contribution in [2.24, 2.45) is 17.3 Å². The summed E-state index contributed by atoms with van der Waals surface area (Å²) in [7, 11) is 0. The number of ketones is 1. The molecule has 0 aliphatic heterocycles. The molecule has 0 spiro atoms. The van der Waals surface area contributed by atoms with Crippen molar-refractivity contribution in [2.75, 3.05) is 6.61 Å². The van der Waals surface area contributed by atoms with Gasteiger partial charge in [-0.2, -0.15) is 0 Å². The largest absolute Gasteiger partial charge is 0.396 e. The molecule has 0 aliphatic rings. The molecule has 1 rings (SSSR count). The van der Waals surface area contributed by atoms with Gasteiger partial charge in [0.15, 0.2) is 5.78 Å². The van der Waals surface area contributed by atoms with E-state index in [2.05, 4.69) is 71.4 Å². The third-order valence-corrected chi connectivity index (χ3v) is 5.71. The average Bonchev–Trinajstić information content (AvgIpc) is 2.80. The van der Waals surface area contributed by atoms with Gasteiger partial charge in [0, 0.05) is 19.1 Å². The Morgan fingerprint density at radius 2 is 1.56 bits per heavy atom. The quantitative estimate of drug-likeness (QED) is 0.245. The van der Waals surface area contributed by atoms with Crippen molar-refractivity contribution in [3.63, 3.8) is 0 Å². The summed E-state index contributed by atoms with van der Waals surface area (Å²) in [6, 6.07) is 0. The Kier molecular flexibility index (Phi) is 24.4. The lowest BCUT2D eigenvalue weighted by atomic mass is 9.87. The molecule has 5 nitrogen and oxygen atoms in total.